The Labute approximate surface area is 211 Å². The van der Waals surface area contributed by atoms with Crippen LogP contribution in [0.15, 0.2) is 30.3 Å². The monoisotopic (exact) mass is 531 g/mol. The van der Waals surface area contributed by atoms with E-state index >= 15 is 0 Å². The number of aliphatic carboxylic acids is 1. The van der Waals surface area contributed by atoms with Gasteiger partial charge in [0.25, 0.3) is 0 Å². The standard InChI is InChI=1S/C27H31F6NO3/c28-26(29,30)20-7-9-21(10-8-20)37-23-12-6-19-13-17(3-11-22(19)24(23)27(31,32)33)15-34-14-16-1-4-18(5-2-16)25(35)36/h3,6,11-13,16,18,20-21,34H,1-2,4-5,7-10,14-15H2,(H,35,36)/t16-,18-,20?,21?. The number of rotatable bonds is 7. The maximum atomic E-state index is 14.1. The fourth-order valence-electron chi connectivity index (χ4n) is 5.58. The second-order valence-electron chi connectivity index (χ2n) is 10.3. The summed E-state index contributed by atoms with van der Waals surface area (Å²) in [6.45, 7) is 1.18. The van der Waals surface area contributed by atoms with Gasteiger partial charge < -0.3 is 15.2 Å². The Hall–Kier alpha value is -2.49. The van der Waals surface area contributed by atoms with Crippen LogP contribution in [0, 0.1) is 17.8 Å². The summed E-state index contributed by atoms with van der Waals surface area (Å²) in [7, 11) is 0. The first kappa shape index (κ1) is 27.5. The number of nitrogens with one attached hydrogen (secondary N) is 1. The van der Waals surface area contributed by atoms with Crippen molar-refractivity contribution in [3.63, 3.8) is 0 Å². The van der Waals surface area contributed by atoms with Crippen LogP contribution in [-0.2, 0) is 17.5 Å². The van der Waals surface area contributed by atoms with E-state index in [-0.39, 0.29) is 42.7 Å². The zero-order valence-electron chi connectivity index (χ0n) is 20.3. The van der Waals surface area contributed by atoms with Gasteiger partial charge in [-0.1, -0.05) is 18.2 Å². The number of fused-ring (bicyclic) bond motifs is 1. The van der Waals surface area contributed by atoms with Crippen molar-refractivity contribution in [2.45, 2.75) is 76.4 Å². The molecule has 2 aromatic carbocycles. The summed E-state index contributed by atoms with van der Waals surface area (Å²) < 4.78 is 86.6. The molecule has 0 amide bonds. The van der Waals surface area contributed by atoms with Gasteiger partial charge in [0.1, 0.15) is 11.3 Å². The molecule has 0 aromatic heterocycles. The summed E-state index contributed by atoms with van der Waals surface area (Å²) in [5, 5.41) is 12.8. The third-order valence-corrected chi connectivity index (χ3v) is 7.72. The molecule has 2 aromatic rings. The van der Waals surface area contributed by atoms with E-state index < -0.39 is 35.9 Å². The van der Waals surface area contributed by atoms with E-state index in [1.54, 1.807) is 18.2 Å². The van der Waals surface area contributed by atoms with Crippen molar-refractivity contribution >= 4 is 16.7 Å². The molecule has 2 saturated carbocycles. The van der Waals surface area contributed by atoms with Gasteiger partial charge in [-0.2, -0.15) is 26.3 Å². The Kier molecular flexibility index (Phi) is 8.26. The Morgan fingerprint density at radius 3 is 2.19 bits per heavy atom. The summed E-state index contributed by atoms with van der Waals surface area (Å²) >= 11 is 0. The van der Waals surface area contributed by atoms with Crippen LogP contribution >= 0.6 is 0 Å². The van der Waals surface area contributed by atoms with Crippen LogP contribution in [0.25, 0.3) is 10.8 Å². The molecule has 2 N–H and O–H groups in total. The highest BCUT2D eigenvalue weighted by molar-refractivity contribution is 5.89. The van der Waals surface area contributed by atoms with Gasteiger partial charge in [-0.15, -0.1) is 0 Å². The van der Waals surface area contributed by atoms with Gasteiger partial charge in [0.05, 0.1) is 17.9 Å². The largest absolute Gasteiger partial charge is 0.490 e. The van der Waals surface area contributed by atoms with Crippen molar-refractivity contribution < 1.29 is 41.0 Å². The molecule has 0 heterocycles. The molecule has 0 bridgehead atoms. The van der Waals surface area contributed by atoms with Gasteiger partial charge in [0, 0.05) is 6.54 Å². The summed E-state index contributed by atoms with van der Waals surface area (Å²) in [6.07, 6.45) is -6.88. The number of carbonyl (C=O) groups is 1. The summed E-state index contributed by atoms with van der Waals surface area (Å²) in [5.74, 6) is -2.43. The maximum absolute atomic E-state index is 14.1. The van der Waals surface area contributed by atoms with Crippen LogP contribution in [0.4, 0.5) is 26.3 Å². The zero-order valence-corrected chi connectivity index (χ0v) is 20.3. The predicted octanol–water partition coefficient (Wildman–Crippen LogP) is 7.34. The molecular weight excluding hydrogens is 500 g/mol. The highest BCUT2D eigenvalue weighted by Gasteiger charge is 2.42. The second-order valence-corrected chi connectivity index (χ2v) is 10.3. The van der Waals surface area contributed by atoms with Crippen molar-refractivity contribution in [3.05, 3.63) is 41.5 Å². The Morgan fingerprint density at radius 1 is 0.919 bits per heavy atom. The summed E-state index contributed by atoms with van der Waals surface area (Å²) in [6, 6.07) is 7.55. The molecule has 4 nitrogen and oxygen atoms in total. The van der Waals surface area contributed by atoms with Gasteiger partial charge in [-0.3, -0.25) is 4.79 Å². The van der Waals surface area contributed by atoms with Gasteiger partial charge in [0.15, 0.2) is 0 Å². The molecule has 10 heteroatoms. The number of benzene rings is 2. The quantitative estimate of drug-likeness (QED) is 0.367. The SMILES string of the molecule is O=C(O)[C@H]1CC[C@H](CNCc2ccc3c(C(F)(F)F)c(OC4CCC(C(F)(F)F)CC4)ccc3c2)CC1. The van der Waals surface area contributed by atoms with Gasteiger partial charge in [-0.05, 0) is 92.3 Å². The van der Waals surface area contributed by atoms with Crippen molar-refractivity contribution in [2.75, 3.05) is 6.54 Å². The van der Waals surface area contributed by atoms with Crippen LogP contribution in [0.2, 0.25) is 0 Å². The van der Waals surface area contributed by atoms with Gasteiger partial charge in [0.2, 0.25) is 0 Å². The minimum Gasteiger partial charge on any atom is -0.490 e. The zero-order chi connectivity index (χ0) is 26.8. The number of hydrogen-bond acceptors (Lipinski definition) is 3. The number of carboxylic acid groups (broad SMARTS) is 1. The fourth-order valence-corrected chi connectivity index (χ4v) is 5.58. The van der Waals surface area contributed by atoms with E-state index in [0.717, 1.165) is 18.4 Å². The Morgan fingerprint density at radius 2 is 1.59 bits per heavy atom. The predicted molar refractivity (Wildman–Crippen MR) is 126 cm³/mol. The van der Waals surface area contributed by atoms with Gasteiger partial charge >= 0.3 is 18.3 Å². The lowest BCUT2D eigenvalue weighted by Crippen LogP contribution is -2.32. The molecule has 2 fully saturated rings. The van der Waals surface area contributed by atoms with E-state index in [1.165, 1.54) is 12.1 Å². The molecule has 2 aliphatic rings. The first-order chi connectivity index (χ1) is 17.4. The van der Waals surface area contributed by atoms with E-state index in [1.807, 2.05) is 0 Å². The fraction of sp³-hybridized carbons (Fsp3) is 0.593. The maximum Gasteiger partial charge on any atom is 0.420 e. The smallest absolute Gasteiger partial charge is 0.420 e. The van der Waals surface area contributed by atoms with Crippen molar-refractivity contribution in [1.29, 1.82) is 0 Å². The van der Waals surface area contributed by atoms with E-state index in [2.05, 4.69) is 5.32 Å². The highest BCUT2D eigenvalue weighted by Crippen LogP contribution is 2.44. The molecular formula is C27H31F6NO3. The lowest BCUT2D eigenvalue weighted by Gasteiger charge is -2.31. The number of ether oxygens (including phenoxy) is 1. The number of hydrogen-bond donors (Lipinski definition) is 2. The van der Waals surface area contributed by atoms with E-state index in [0.29, 0.717) is 37.2 Å². The summed E-state index contributed by atoms with van der Waals surface area (Å²) in [5.41, 5.74) is -0.0865. The van der Waals surface area contributed by atoms with E-state index in [9.17, 15) is 31.1 Å². The molecule has 0 atom stereocenters. The average Bonchev–Trinajstić information content (AvgIpc) is 2.83. The first-order valence-corrected chi connectivity index (χ1v) is 12.7. The Bertz CT molecular complexity index is 1080. The topological polar surface area (TPSA) is 58.6 Å². The highest BCUT2D eigenvalue weighted by atomic mass is 19.4. The third kappa shape index (κ3) is 6.89. The molecule has 0 spiro atoms. The molecule has 4 rings (SSSR count). The normalized spacial score (nSPS) is 25.2. The summed E-state index contributed by atoms with van der Waals surface area (Å²) in [4.78, 5) is 11.1. The minimum absolute atomic E-state index is 0.00952. The number of alkyl halides is 6. The second kappa shape index (κ2) is 11.1. The molecule has 2 aliphatic carbocycles. The van der Waals surface area contributed by atoms with E-state index in [4.69, 9.17) is 9.84 Å². The van der Waals surface area contributed by atoms with Crippen LogP contribution < -0.4 is 10.1 Å². The molecule has 0 unspecified atom stereocenters. The lowest BCUT2D eigenvalue weighted by atomic mass is 9.82. The average molecular weight is 532 g/mol. The van der Waals surface area contributed by atoms with Crippen molar-refractivity contribution in [2.24, 2.45) is 17.8 Å². The molecule has 0 saturated heterocycles. The minimum atomic E-state index is -4.69. The third-order valence-electron chi connectivity index (χ3n) is 7.72. The van der Waals surface area contributed by atoms with Crippen molar-refractivity contribution in [3.8, 4) is 5.75 Å². The lowest BCUT2D eigenvalue weighted by molar-refractivity contribution is -0.185. The number of halogens is 6. The molecule has 37 heavy (non-hydrogen) atoms. The molecule has 0 radical (unpaired) electrons. The Balaban J connectivity index is 1.41. The van der Waals surface area contributed by atoms with Crippen molar-refractivity contribution in [1.82, 2.24) is 5.32 Å². The van der Waals surface area contributed by atoms with Crippen LogP contribution in [0.5, 0.6) is 5.75 Å². The van der Waals surface area contributed by atoms with Crippen LogP contribution in [-0.4, -0.2) is 29.9 Å². The molecule has 0 aliphatic heterocycles. The number of carboxylic acids is 1. The van der Waals surface area contributed by atoms with Crippen LogP contribution in [0.1, 0.15) is 62.5 Å². The molecule has 204 valence electrons. The van der Waals surface area contributed by atoms with Gasteiger partial charge in [-0.25, -0.2) is 0 Å². The van der Waals surface area contributed by atoms with Crippen LogP contribution in [0.3, 0.4) is 0 Å². The first-order valence-electron chi connectivity index (χ1n) is 12.7.